The summed E-state index contributed by atoms with van der Waals surface area (Å²) in [6.07, 6.45) is 0.926. The van der Waals surface area contributed by atoms with Crippen LogP contribution in [0.15, 0.2) is 48.5 Å². The number of anilines is 1. The van der Waals surface area contributed by atoms with Crippen LogP contribution in [-0.2, 0) is 4.79 Å². The highest BCUT2D eigenvalue weighted by molar-refractivity contribution is 6.31. The van der Waals surface area contributed by atoms with Gasteiger partial charge in [-0.25, -0.2) is 0 Å². The van der Waals surface area contributed by atoms with Gasteiger partial charge in [-0.1, -0.05) is 48.0 Å². The van der Waals surface area contributed by atoms with E-state index in [1.807, 2.05) is 37.3 Å². The van der Waals surface area contributed by atoms with Crippen LogP contribution >= 0.6 is 11.6 Å². The average molecular weight is 286 g/mol. The smallest absolute Gasteiger partial charge is 0.228 e. The minimum absolute atomic E-state index is 0.0810. The third-order valence-electron chi connectivity index (χ3n) is 3.79. The Hall–Kier alpha value is -1.80. The molecular weight excluding hydrogens is 270 g/mol. The lowest BCUT2D eigenvalue weighted by Gasteiger charge is -2.07. The molecule has 0 aliphatic heterocycles. The number of rotatable bonds is 3. The van der Waals surface area contributed by atoms with Crippen molar-refractivity contribution in [2.75, 3.05) is 5.32 Å². The van der Waals surface area contributed by atoms with Crippen LogP contribution in [0.5, 0.6) is 0 Å². The standard InChI is InChI=1S/C17H16ClNO/c1-11-7-8-13(9-16(11)18)19-17(20)15-10-14(15)12-5-3-2-4-6-12/h2-9,14-15H,10H2,1H3,(H,19,20)/t14-,15+/m0/s1. The maximum Gasteiger partial charge on any atom is 0.228 e. The number of halogens is 1. The molecule has 0 unspecified atom stereocenters. The topological polar surface area (TPSA) is 29.1 Å². The summed E-state index contributed by atoms with van der Waals surface area (Å²) < 4.78 is 0. The Balaban J connectivity index is 1.65. The van der Waals surface area contributed by atoms with E-state index in [2.05, 4.69) is 17.4 Å². The van der Waals surface area contributed by atoms with Gasteiger partial charge in [-0.05, 0) is 42.5 Å². The molecule has 3 rings (SSSR count). The third-order valence-corrected chi connectivity index (χ3v) is 4.20. The lowest BCUT2D eigenvalue weighted by molar-refractivity contribution is -0.117. The molecule has 1 N–H and O–H groups in total. The second kappa shape index (κ2) is 5.29. The largest absolute Gasteiger partial charge is 0.326 e. The fraction of sp³-hybridized carbons (Fsp3) is 0.235. The summed E-state index contributed by atoms with van der Waals surface area (Å²) in [5.74, 6) is 0.522. The van der Waals surface area contributed by atoms with E-state index in [1.54, 1.807) is 6.07 Å². The summed E-state index contributed by atoms with van der Waals surface area (Å²) in [4.78, 5) is 12.2. The van der Waals surface area contributed by atoms with E-state index in [4.69, 9.17) is 11.6 Å². The predicted octanol–water partition coefficient (Wildman–Crippen LogP) is 4.39. The Morgan fingerprint density at radius 3 is 2.65 bits per heavy atom. The van der Waals surface area contributed by atoms with Gasteiger partial charge < -0.3 is 5.32 Å². The summed E-state index contributed by atoms with van der Waals surface area (Å²) in [6, 6.07) is 15.8. The number of benzene rings is 2. The second-order valence-corrected chi connectivity index (χ2v) is 5.72. The first kappa shape index (κ1) is 13.2. The van der Waals surface area contributed by atoms with Crippen LogP contribution in [0.4, 0.5) is 5.69 Å². The maximum atomic E-state index is 12.2. The molecule has 1 aliphatic rings. The monoisotopic (exact) mass is 285 g/mol. The number of amides is 1. The summed E-state index contributed by atoms with van der Waals surface area (Å²) >= 11 is 6.07. The Kier molecular flexibility index (Phi) is 3.49. The summed E-state index contributed by atoms with van der Waals surface area (Å²) in [7, 11) is 0. The molecule has 0 saturated heterocycles. The van der Waals surface area contributed by atoms with Gasteiger partial charge in [0, 0.05) is 16.6 Å². The van der Waals surface area contributed by atoms with Gasteiger partial charge in [0.2, 0.25) is 5.91 Å². The van der Waals surface area contributed by atoms with Gasteiger partial charge >= 0.3 is 0 Å². The highest BCUT2D eigenvalue weighted by Gasteiger charge is 2.43. The van der Waals surface area contributed by atoms with Gasteiger partial charge in [0.15, 0.2) is 0 Å². The van der Waals surface area contributed by atoms with Crippen molar-refractivity contribution in [3.8, 4) is 0 Å². The number of aryl methyl sites for hydroxylation is 1. The minimum atomic E-state index is 0.0810. The highest BCUT2D eigenvalue weighted by Crippen LogP contribution is 2.47. The zero-order valence-corrected chi connectivity index (χ0v) is 12.0. The van der Waals surface area contributed by atoms with E-state index in [0.717, 1.165) is 17.7 Å². The second-order valence-electron chi connectivity index (χ2n) is 5.31. The fourth-order valence-corrected chi connectivity index (χ4v) is 2.64. The van der Waals surface area contributed by atoms with E-state index in [1.165, 1.54) is 5.56 Å². The molecule has 2 aromatic carbocycles. The first-order valence-corrected chi connectivity index (χ1v) is 7.15. The first-order valence-electron chi connectivity index (χ1n) is 6.77. The van der Waals surface area contributed by atoms with Crippen LogP contribution in [0.2, 0.25) is 5.02 Å². The summed E-state index contributed by atoms with van der Waals surface area (Å²) in [6.45, 7) is 1.94. The van der Waals surface area contributed by atoms with Gasteiger partial charge in [-0.15, -0.1) is 0 Å². The molecule has 1 aliphatic carbocycles. The van der Waals surface area contributed by atoms with Gasteiger partial charge in [-0.3, -0.25) is 4.79 Å². The van der Waals surface area contributed by atoms with Crippen LogP contribution in [0.25, 0.3) is 0 Å². The summed E-state index contributed by atoms with van der Waals surface area (Å²) in [5, 5.41) is 3.63. The molecular formula is C17H16ClNO. The first-order chi connectivity index (χ1) is 9.65. The lowest BCUT2D eigenvalue weighted by atomic mass is 10.1. The van der Waals surface area contributed by atoms with Crippen LogP contribution in [0, 0.1) is 12.8 Å². The zero-order chi connectivity index (χ0) is 14.1. The normalized spacial score (nSPS) is 20.5. The van der Waals surface area contributed by atoms with Gasteiger partial charge in [0.25, 0.3) is 0 Å². The summed E-state index contributed by atoms with van der Waals surface area (Å²) in [5.41, 5.74) is 3.03. The van der Waals surface area contributed by atoms with E-state index < -0.39 is 0 Å². The Morgan fingerprint density at radius 1 is 1.20 bits per heavy atom. The van der Waals surface area contributed by atoms with E-state index in [0.29, 0.717) is 10.9 Å². The number of hydrogen-bond donors (Lipinski definition) is 1. The van der Waals surface area contributed by atoms with Crippen LogP contribution in [-0.4, -0.2) is 5.91 Å². The highest BCUT2D eigenvalue weighted by atomic mass is 35.5. The van der Waals surface area contributed by atoms with Crippen molar-refractivity contribution in [2.45, 2.75) is 19.3 Å². The molecule has 20 heavy (non-hydrogen) atoms. The molecule has 1 fully saturated rings. The molecule has 0 heterocycles. The van der Waals surface area contributed by atoms with Crippen molar-refractivity contribution >= 4 is 23.2 Å². The van der Waals surface area contributed by atoms with Gasteiger partial charge in [0.1, 0.15) is 0 Å². The molecule has 102 valence electrons. The van der Waals surface area contributed by atoms with Gasteiger partial charge in [0.05, 0.1) is 0 Å². The molecule has 0 bridgehead atoms. The molecule has 2 nitrogen and oxygen atoms in total. The van der Waals surface area contributed by atoms with E-state index in [-0.39, 0.29) is 11.8 Å². The fourth-order valence-electron chi connectivity index (χ4n) is 2.46. The molecule has 0 spiro atoms. The number of carbonyl (C=O) groups is 1. The van der Waals surface area contributed by atoms with E-state index in [9.17, 15) is 4.79 Å². The molecule has 2 aromatic rings. The maximum absolute atomic E-state index is 12.2. The molecule has 1 saturated carbocycles. The average Bonchev–Trinajstić information content (AvgIpc) is 3.24. The minimum Gasteiger partial charge on any atom is -0.326 e. The van der Waals surface area contributed by atoms with Crippen molar-refractivity contribution in [3.63, 3.8) is 0 Å². The zero-order valence-electron chi connectivity index (χ0n) is 11.3. The van der Waals surface area contributed by atoms with Crippen molar-refractivity contribution in [2.24, 2.45) is 5.92 Å². The predicted molar refractivity (Wildman–Crippen MR) is 82.1 cm³/mol. The van der Waals surface area contributed by atoms with Crippen molar-refractivity contribution in [1.82, 2.24) is 0 Å². The van der Waals surface area contributed by atoms with Crippen molar-refractivity contribution < 1.29 is 4.79 Å². The third kappa shape index (κ3) is 2.70. The SMILES string of the molecule is Cc1ccc(NC(=O)[C@@H]2C[C@H]2c2ccccc2)cc1Cl. The number of nitrogens with one attached hydrogen (secondary N) is 1. The molecule has 0 aromatic heterocycles. The Bertz CT molecular complexity index is 639. The van der Waals surface area contributed by atoms with E-state index >= 15 is 0 Å². The van der Waals surface area contributed by atoms with Crippen molar-refractivity contribution in [1.29, 1.82) is 0 Å². The quantitative estimate of drug-likeness (QED) is 0.890. The number of carbonyl (C=O) groups excluding carboxylic acids is 1. The lowest BCUT2D eigenvalue weighted by Crippen LogP contribution is -2.14. The molecule has 1 amide bonds. The van der Waals surface area contributed by atoms with Gasteiger partial charge in [-0.2, -0.15) is 0 Å². The van der Waals surface area contributed by atoms with Crippen LogP contribution in [0.1, 0.15) is 23.5 Å². The van der Waals surface area contributed by atoms with Crippen LogP contribution < -0.4 is 5.32 Å². The van der Waals surface area contributed by atoms with Crippen LogP contribution in [0.3, 0.4) is 0 Å². The Morgan fingerprint density at radius 2 is 1.95 bits per heavy atom. The Labute approximate surface area is 123 Å². The number of hydrogen-bond acceptors (Lipinski definition) is 1. The van der Waals surface area contributed by atoms with Crippen molar-refractivity contribution in [3.05, 3.63) is 64.7 Å². The molecule has 0 radical (unpaired) electrons. The molecule has 2 atom stereocenters. The molecule has 3 heteroatoms.